The van der Waals surface area contributed by atoms with Crippen molar-refractivity contribution in [1.29, 1.82) is 0 Å². The summed E-state index contributed by atoms with van der Waals surface area (Å²) in [6.45, 7) is 9.22. The summed E-state index contributed by atoms with van der Waals surface area (Å²) < 4.78 is 28.9. The third-order valence-electron chi connectivity index (χ3n) is 6.99. The van der Waals surface area contributed by atoms with Crippen LogP contribution in [0.3, 0.4) is 0 Å². The van der Waals surface area contributed by atoms with Crippen molar-refractivity contribution in [3.8, 4) is 0 Å². The van der Waals surface area contributed by atoms with Gasteiger partial charge in [-0.15, -0.1) is 0 Å². The van der Waals surface area contributed by atoms with Crippen LogP contribution in [0.25, 0.3) is 0 Å². The van der Waals surface area contributed by atoms with Crippen molar-refractivity contribution >= 4 is 39.1 Å². The average Bonchev–Trinajstić information content (AvgIpc) is 2.93. The number of halogens is 1. The number of anilines is 1. The number of aryl methyl sites for hydroxylation is 2. The molecule has 2 amide bonds. The summed E-state index contributed by atoms with van der Waals surface area (Å²) in [5.74, 6) is -0.752. The third kappa shape index (κ3) is 7.64. The third-order valence-corrected chi connectivity index (χ3v) is 9.03. The highest BCUT2D eigenvalue weighted by Crippen LogP contribution is 2.26. The van der Waals surface area contributed by atoms with Crippen LogP contribution in [-0.4, -0.2) is 43.8 Å². The minimum absolute atomic E-state index is 0.0628. The number of hydrogen-bond acceptors (Lipinski definition) is 4. The highest BCUT2D eigenvalue weighted by molar-refractivity contribution is 7.92. The van der Waals surface area contributed by atoms with Gasteiger partial charge >= 0.3 is 0 Å². The van der Waals surface area contributed by atoms with Crippen LogP contribution in [0.15, 0.2) is 77.7 Å². The fourth-order valence-electron chi connectivity index (χ4n) is 4.31. The summed E-state index contributed by atoms with van der Waals surface area (Å²) in [5.41, 5.74) is 3.06. The fourth-order valence-corrected chi connectivity index (χ4v) is 5.85. The zero-order valence-corrected chi connectivity index (χ0v) is 25.3. The van der Waals surface area contributed by atoms with E-state index in [1.165, 1.54) is 17.0 Å². The standard InChI is InChI=1S/C31H38ClN3O4S/c1-6-24(5)33-31(37)29(7-2)34(20-25-11-9-8-10-23(25)4)30(36)21-35(27-16-14-26(32)15-17-27)40(38,39)28-18-12-22(3)13-19-28/h8-19,24,29H,6-7,20-21H2,1-5H3,(H,33,37)/t24-,29+/m0/s1. The van der Waals surface area contributed by atoms with Gasteiger partial charge in [0.25, 0.3) is 10.0 Å². The fraction of sp³-hybridized carbons (Fsp3) is 0.355. The zero-order chi connectivity index (χ0) is 29.4. The van der Waals surface area contributed by atoms with Crippen LogP contribution >= 0.6 is 11.6 Å². The zero-order valence-electron chi connectivity index (χ0n) is 23.7. The quantitative estimate of drug-likeness (QED) is 0.289. The molecule has 0 heterocycles. The topological polar surface area (TPSA) is 86.8 Å². The van der Waals surface area contributed by atoms with E-state index in [1.807, 2.05) is 58.9 Å². The molecule has 0 unspecified atom stereocenters. The van der Waals surface area contributed by atoms with Crippen molar-refractivity contribution in [2.75, 3.05) is 10.8 Å². The van der Waals surface area contributed by atoms with E-state index in [4.69, 9.17) is 11.6 Å². The second kappa shape index (κ2) is 13.8. The molecular formula is C31H38ClN3O4S. The monoisotopic (exact) mass is 583 g/mol. The molecule has 9 heteroatoms. The van der Waals surface area contributed by atoms with E-state index in [0.29, 0.717) is 17.1 Å². The van der Waals surface area contributed by atoms with Gasteiger partial charge in [0.15, 0.2) is 0 Å². The lowest BCUT2D eigenvalue weighted by Gasteiger charge is -2.34. The molecular weight excluding hydrogens is 546 g/mol. The van der Waals surface area contributed by atoms with Gasteiger partial charge in [-0.25, -0.2) is 8.42 Å². The largest absolute Gasteiger partial charge is 0.352 e. The molecule has 0 saturated carbocycles. The van der Waals surface area contributed by atoms with Crippen LogP contribution in [0.5, 0.6) is 0 Å². The van der Waals surface area contributed by atoms with E-state index in [9.17, 15) is 18.0 Å². The Morgan fingerprint density at radius 1 is 0.900 bits per heavy atom. The van der Waals surface area contributed by atoms with Gasteiger partial charge in [-0.05, 0) is 81.1 Å². The lowest BCUT2D eigenvalue weighted by molar-refractivity contribution is -0.140. The Kier molecular flexibility index (Phi) is 10.8. The van der Waals surface area contributed by atoms with E-state index in [0.717, 1.165) is 27.4 Å². The number of nitrogens with zero attached hydrogens (tertiary/aromatic N) is 2. The smallest absolute Gasteiger partial charge is 0.264 e. The summed E-state index contributed by atoms with van der Waals surface area (Å²) in [7, 11) is -4.13. The van der Waals surface area contributed by atoms with Gasteiger partial charge in [0.1, 0.15) is 12.6 Å². The maximum Gasteiger partial charge on any atom is 0.264 e. The van der Waals surface area contributed by atoms with Crippen molar-refractivity contribution in [1.82, 2.24) is 10.2 Å². The molecule has 0 radical (unpaired) electrons. The van der Waals surface area contributed by atoms with Crippen molar-refractivity contribution < 1.29 is 18.0 Å². The van der Waals surface area contributed by atoms with Gasteiger partial charge in [0.2, 0.25) is 11.8 Å². The molecule has 0 fully saturated rings. The maximum atomic E-state index is 14.1. The molecule has 0 aliphatic rings. The number of sulfonamides is 1. The molecule has 0 saturated heterocycles. The van der Waals surface area contributed by atoms with Crippen LogP contribution in [0.4, 0.5) is 5.69 Å². The van der Waals surface area contributed by atoms with Crippen molar-refractivity contribution in [3.63, 3.8) is 0 Å². The van der Waals surface area contributed by atoms with Crippen LogP contribution in [0.2, 0.25) is 5.02 Å². The summed E-state index contributed by atoms with van der Waals surface area (Å²) in [5, 5.41) is 3.43. The van der Waals surface area contributed by atoms with E-state index >= 15 is 0 Å². The first-order valence-electron chi connectivity index (χ1n) is 13.5. The molecule has 40 heavy (non-hydrogen) atoms. The van der Waals surface area contributed by atoms with E-state index < -0.39 is 28.5 Å². The molecule has 1 N–H and O–H groups in total. The molecule has 0 bridgehead atoms. The molecule has 3 aromatic carbocycles. The van der Waals surface area contributed by atoms with Gasteiger partial charge in [0.05, 0.1) is 10.6 Å². The minimum Gasteiger partial charge on any atom is -0.352 e. The first-order chi connectivity index (χ1) is 19.0. The van der Waals surface area contributed by atoms with Crippen molar-refractivity contribution in [3.05, 3.63) is 94.5 Å². The Hall–Kier alpha value is -3.36. The number of rotatable bonds is 12. The molecule has 0 aliphatic carbocycles. The van der Waals surface area contributed by atoms with Gasteiger partial charge in [-0.1, -0.05) is 67.4 Å². The summed E-state index contributed by atoms with van der Waals surface area (Å²) in [4.78, 5) is 29.0. The number of amides is 2. The number of carbonyl (C=O) groups excluding carboxylic acids is 2. The lowest BCUT2D eigenvalue weighted by atomic mass is 10.1. The molecule has 214 valence electrons. The van der Waals surface area contributed by atoms with E-state index in [-0.39, 0.29) is 23.4 Å². The predicted octanol–water partition coefficient (Wildman–Crippen LogP) is 5.87. The van der Waals surface area contributed by atoms with Crippen LogP contribution in [-0.2, 0) is 26.2 Å². The second-order valence-corrected chi connectivity index (χ2v) is 12.3. The predicted molar refractivity (Wildman–Crippen MR) is 161 cm³/mol. The molecule has 2 atom stereocenters. The van der Waals surface area contributed by atoms with E-state index in [1.54, 1.807) is 36.4 Å². The summed E-state index contributed by atoms with van der Waals surface area (Å²) in [6, 6.07) is 19.6. The molecule has 0 aromatic heterocycles. The number of carbonyl (C=O) groups is 2. The average molecular weight is 584 g/mol. The van der Waals surface area contributed by atoms with Crippen LogP contribution in [0.1, 0.15) is 50.3 Å². The Morgan fingerprint density at radius 3 is 2.10 bits per heavy atom. The normalized spacial score (nSPS) is 12.8. The number of benzene rings is 3. The first-order valence-corrected chi connectivity index (χ1v) is 15.3. The molecule has 3 rings (SSSR count). The van der Waals surface area contributed by atoms with E-state index in [2.05, 4.69) is 5.32 Å². The molecule has 0 spiro atoms. The van der Waals surface area contributed by atoms with Gasteiger partial charge < -0.3 is 10.2 Å². The minimum atomic E-state index is -4.13. The summed E-state index contributed by atoms with van der Waals surface area (Å²) in [6.07, 6.45) is 1.11. The Labute approximate surface area is 243 Å². The highest BCUT2D eigenvalue weighted by Gasteiger charge is 2.34. The first kappa shape index (κ1) is 31.2. The number of hydrogen-bond donors (Lipinski definition) is 1. The Bertz CT molecular complexity index is 1410. The molecule has 7 nitrogen and oxygen atoms in total. The van der Waals surface area contributed by atoms with Crippen LogP contribution in [0, 0.1) is 13.8 Å². The summed E-state index contributed by atoms with van der Waals surface area (Å²) >= 11 is 6.09. The maximum absolute atomic E-state index is 14.1. The Morgan fingerprint density at radius 2 is 1.52 bits per heavy atom. The Balaban J connectivity index is 2.06. The highest BCUT2D eigenvalue weighted by atomic mass is 35.5. The SMILES string of the molecule is CC[C@H](C(=O)N[C@@H](C)CC)N(Cc1ccccc1C)C(=O)CN(c1ccc(Cl)cc1)S(=O)(=O)c1ccc(C)cc1. The van der Waals surface area contributed by atoms with Crippen molar-refractivity contribution in [2.45, 2.75) is 71.0 Å². The number of nitrogens with one attached hydrogen (secondary N) is 1. The van der Waals surface area contributed by atoms with Crippen molar-refractivity contribution in [2.24, 2.45) is 0 Å². The second-order valence-electron chi connectivity index (χ2n) is 9.99. The van der Waals surface area contributed by atoms with Gasteiger partial charge in [0, 0.05) is 17.6 Å². The lowest BCUT2D eigenvalue weighted by Crippen LogP contribution is -2.53. The van der Waals surface area contributed by atoms with Gasteiger partial charge in [-0.2, -0.15) is 0 Å². The van der Waals surface area contributed by atoms with Crippen LogP contribution < -0.4 is 9.62 Å². The van der Waals surface area contributed by atoms with Gasteiger partial charge in [-0.3, -0.25) is 13.9 Å². The molecule has 0 aliphatic heterocycles. The molecule has 3 aromatic rings.